The van der Waals surface area contributed by atoms with Gasteiger partial charge in [-0.3, -0.25) is 4.79 Å². The van der Waals surface area contributed by atoms with Crippen molar-refractivity contribution in [1.29, 1.82) is 0 Å². The Morgan fingerprint density at radius 2 is 1.74 bits per heavy atom. The summed E-state index contributed by atoms with van der Waals surface area (Å²) >= 11 is 0. The van der Waals surface area contributed by atoms with Gasteiger partial charge in [0.25, 0.3) is 0 Å². The number of ether oxygens (including phenoxy) is 1. The Labute approximate surface area is 111 Å². The molecule has 2 nitrogen and oxygen atoms in total. The minimum Gasteiger partial charge on any atom is -0.456 e. The smallest absolute Gasteiger partial charge is 0.163 e. The zero-order valence-electron chi connectivity index (χ0n) is 11.2. The molecule has 19 heavy (non-hydrogen) atoms. The lowest BCUT2D eigenvalue weighted by atomic mass is 10.1. The molecule has 0 aromatic heterocycles. The fraction of sp³-hybridized carbons (Fsp3) is 0.188. The van der Waals surface area contributed by atoms with Gasteiger partial charge in [-0.1, -0.05) is 18.2 Å². The van der Waals surface area contributed by atoms with Crippen molar-refractivity contribution in [3.8, 4) is 11.5 Å². The molecule has 0 fully saturated rings. The minimum atomic E-state index is -0.401. The van der Waals surface area contributed by atoms with E-state index in [1.165, 1.54) is 13.0 Å². The molecule has 0 atom stereocenters. The highest BCUT2D eigenvalue weighted by Gasteiger charge is 2.13. The van der Waals surface area contributed by atoms with Crippen molar-refractivity contribution in [3.63, 3.8) is 0 Å². The molecule has 0 amide bonds. The molecule has 0 saturated carbocycles. The van der Waals surface area contributed by atoms with Crippen LogP contribution in [0.1, 0.15) is 28.4 Å². The number of aryl methyl sites for hydroxylation is 2. The summed E-state index contributed by atoms with van der Waals surface area (Å²) in [4.78, 5) is 11.6. The van der Waals surface area contributed by atoms with Gasteiger partial charge in [-0.2, -0.15) is 0 Å². The van der Waals surface area contributed by atoms with E-state index in [0.29, 0.717) is 17.1 Å². The quantitative estimate of drug-likeness (QED) is 0.761. The fourth-order valence-electron chi connectivity index (χ4n) is 1.80. The Morgan fingerprint density at radius 1 is 1.05 bits per heavy atom. The molecule has 0 N–H and O–H groups in total. The van der Waals surface area contributed by atoms with Crippen molar-refractivity contribution in [1.82, 2.24) is 0 Å². The van der Waals surface area contributed by atoms with Crippen molar-refractivity contribution < 1.29 is 13.9 Å². The van der Waals surface area contributed by atoms with Crippen LogP contribution in [0.2, 0.25) is 0 Å². The van der Waals surface area contributed by atoms with E-state index in [1.807, 2.05) is 31.2 Å². The van der Waals surface area contributed by atoms with Crippen LogP contribution in [-0.4, -0.2) is 5.78 Å². The van der Waals surface area contributed by atoms with Gasteiger partial charge in [0, 0.05) is 0 Å². The van der Waals surface area contributed by atoms with Crippen molar-refractivity contribution in [2.45, 2.75) is 20.8 Å². The summed E-state index contributed by atoms with van der Waals surface area (Å²) in [5, 5.41) is 0. The molecule has 2 rings (SSSR count). The molecule has 98 valence electrons. The molecule has 0 spiro atoms. The third-order valence-electron chi connectivity index (χ3n) is 2.95. The molecule has 0 saturated heterocycles. The molecule has 0 aliphatic carbocycles. The van der Waals surface area contributed by atoms with Crippen LogP contribution < -0.4 is 4.74 Å². The summed E-state index contributed by atoms with van der Waals surface area (Å²) in [5.41, 5.74) is 1.67. The molecule has 0 bridgehead atoms. The number of carbonyl (C=O) groups excluding carboxylic acids is 1. The van der Waals surface area contributed by atoms with Crippen LogP contribution in [0.3, 0.4) is 0 Å². The lowest BCUT2D eigenvalue weighted by molar-refractivity contribution is 0.101. The van der Waals surface area contributed by atoms with Gasteiger partial charge in [0.15, 0.2) is 5.78 Å². The Morgan fingerprint density at radius 3 is 2.37 bits per heavy atom. The lowest BCUT2D eigenvalue weighted by Gasteiger charge is -2.12. The average Bonchev–Trinajstić information content (AvgIpc) is 2.36. The van der Waals surface area contributed by atoms with Crippen LogP contribution >= 0.6 is 0 Å². The number of halogens is 1. The van der Waals surface area contributed by atoms with Gasteiger partial charge in [0.1, 0.15) is 17.3 Å². The van der Waals surface area contributed by atoms with Crippen molar-refractivity contribution in [2.24, 2.45) is 0 Å². The highest BCUT2D eigenvalue weighted by atomic mass is 19.1. The first-order valence-electron chi connectivity index (χ1n) is 6.03. The van der Waals surface area contributed by atoms with E-state index in [1.54, 1.807) is 13.0 Å². The van der Waals surface area contributed by atoms with E-state index in [2.05, 4.69) is 0 Å². The van der Waals surface area contributed by atoms with Gasteiger partial charge < -0.3 is 4.74 Å². The Bertz CT molecular complexity index is 633. The van der Waals surface area contributed by atoms with Gasteiger partial charge in [-0.25, -0.2) is 4.39 Å². The van der Waals surface area contributed by atoms with Crippen LogP contribution in [0.4, 0.5) is 4.39 Å². The standard InChI is InChI=1S/C16H15FO2/c1-10-6-4-5-7-15(10)19-16-8-11(2)14(17)9-13(16)12(3)18/h4-9H,1-3H3. The second-order valence-electron chi connectivity index (χ2n) is 4.52. The first kappa shape index (κ1) is 13.3. The van der Waals surface area contributed by atoms with Gasteiger partial charge >= 0.3 is 0 Å². The number of hydrogen-bond donors (Lipinski definition) is 0. The lowest BCUT2D eigenvalue weighted by Crippen LogP contribution is -2.00. The van der Waals surface area contributed by atoms with Crippen molar-refractivity contribution >= 4 is 5.78 Å². The number of rotatable bonds is 3. The van der Waals surface area contributed by atoms with Gasteiger partial charge in [0.2, 0.25) is 0 Å². The molecule has 2 aromatic rings. The summed E-state index contributed by atoms with van der Waals surface area (Å²) in [6, 6.07) is 10.3. The number of ketones is 1. The topological polar surface area (TPSA) is 26.3 Å². The number of para-hydroxylation sites is 1. The highest BCUT2D eigenvalue weighted by molar-refractivity contribution is 5.97. The van der Waals surface area contributed by atoms with Crippen molar-refractivity contribution in [3.05, 3.63) is 58.9 Å². The van der Waals surface area contributed by atoms with Crippen LogP contribution in [0.25, 0.3) is 0 Å². The van der Waals surface area contributed by atoms with Gasteiger partial charge in [0.05, 0.1) is 5.56 Å². The second-order valence-corrected chi connectivity index (χ2v) is 4.52. The van der Waals surface area contributed by atoms with Gasteiger partial charge in [-0.05, 0) is 50.1 Å². The first-order valence-corrected chi connectivity index (χ1v) is 6.03. The van der Waals surface area contributed by atoms with Crippen LogP contribution in [0, 0.1) is 19.7 Å². The molecule has 0 aliphatic heterocycles. The molecule has 0 radical (unpaired) electrons. The molecular weight excluding hydrogens is 243 g/mol. The van der Waals surface area contributed by atoms with Gasteiger partial charge in [-0.15, -0.1) is 0 Å². The Balaban J connectivity index is 2.48. The normalized spacial score (nSPS) is 10.3. The molecule has 0 unspecified atom stereocenters. The molecule has 2 aromatic carbocycles. The predicted octanol–water partition coefficient (Wildman–Crippen LogP) is 4.44. The van der Waals surface area contributed by atoms with E-state index >= 15 is 0 Å². The third kappa shape index (κ3) is 2.81. The molecule has 0 heterocycles. The van der Waals surface area contributed by atoms with Crippen LogP contribution in [0.15, 0.2) is 36.4 Å². The van der Waals surface area contributed by atoms with E-state index in [0.717, 1.165) is 5.56 Å². The number of carbonyl (C=O) groups is 1. The van der Waals surface area contributed by atoms with Crippen LogP contribution in [0.5, 0.6) is 11.5 Å². The van der Waals surface area contributed by atoms with Crippen LogP contribution in [-0.2, 0) is 0 Å². The fourth-order valence-corrected chi connectivity index (χ4v) is 1.80. The van der Waals surface area contributed by atoms with E-state index in [9.17, 15) is 9.18 Å². The monoisotopic (exact) mass is 258 g/mol. The number of hydrogen-bond acceptors (Lipinski definition) is 2. The molecular formula is C16H15FO2. The summed E-state index contributed by atoms with van der Waals surface area (Å²) < 4.78 is 19.3. The molecule has 0 aliphatic rings. The summed E-state index contributed by atoms with van der Waals surface area (Å²) in [6.45, 7) is 4.96. The maximum atomic E-state index is 13.5. The summed E-state index contributed by atoms with van der Waals surface area (Å²) in [6.07, 6.45) is 0. The SMILES string of the molecule is CC(=O)c1cc(F)c(C)cc1Oc1ccccc1C. The van der Waals surface area contributed by atoms with Crippen molar-refractivity contribution in [2.75, 3.05) is 0 Å². The maximum absolute atomic E-state index is 13.5. The zero-order chi connectivity index (χ0) is 14.0. The maximum Gasteiger partial charge on any atom is 0.163 e. The zero-order valence-corrected chi connectivity index (χ0v) is 11.2. The summed E-state index contributed by atoms with van der Waals surface area (Å²) in [7, 11) is 0. The average molecular weight is 258 g/mol. The largest absolute Gasteiger partial charge is 0.456 e. The minimum absolute atomic E-state index is 0.220. The predicted molar refractivity (Wildman–Crippen MR) is 72.4 cm³/mol. The Kier molecular flexibility index (Phi) is 3.65. The first-order chi connectivity index (χ1) is 8.99. The Hall–Kier alpha value is -2.16. The number of benzene rings is 2. The van der Waals surface area contributed by atoms with E-state index < -0.39 is 5.82 Å². The second kappa shape index (κ2) is 5.22. The number of Topliss-reactive ketones (excluding diaryl/α,β-unsaturated/α-hetero) is 1. The highest BCUT2D eigenvalue weighted by Crippen LogP contribution is 2.30. The van der Waals surface area contributed by atoms with E-state index in [-0.39, 0.29) is 11.3 Å². The third-order valence-corrected chi connectivity index (χ3v) is 2.95. The van der Waals surface area contributed by atoms with E-state index in [4.69, 9.17) is 4.74 Å². The summed E-state index contributed by atoms with van der Waals surface area (Å²) in [5.74, 6) is 0.432. The molecule has 3 heteroatoms.